The quantitative estimate of drug-likeness (QED) is 0.507. The molecule has 0 aliphatic carbocycles. The van der Waals surface area contributed by atoms with E-state index in [4.69, 9.17) is 4.74 Å². The predicted octanol–water partition coefficient (Wildman–Crippen LogP) is 4.95. The number of nitrogens with one attached hydrogen (secondary N) is 1. The lowest BCUT2D eigenvalue weighted by atomic mass is 9.92. The molecule has 1 N–H and O–H groups in total. The first-order chi connectivity index (χ1) is 15.0. The molecule has 8 nitrogen and oxygen atoms in total. The maximum atomic E-state index is 13.2. The minimum absolute atomic E-state index is 0.0219. The summed E-state index contributed by atoms with van der Waals surface area (Å²) >= 11 is 0. The number of hydrogen-bond donors (Lipinski definition) is 1. The Morgan fingerprint density at radius 3 is 2.59 bits per heavy atom. The second kappa shape index (κ2) is 8.98. The first kappa shape index (κ1) is 23.2. The smallest absolute Gasteiger partial charge is 0.272 e. The van der Waals surface area contributed by atoms with Gasteiger partial charge in [0.15, 0.2) is 0 Å². The van der Waals surface area contributed by atoms with E-state index >= 15 is 0 Å². The van der Waals surface area contributed by atoms with Crippen LogP contribution in [-0.2, 0) is 4.79 Å². The molecule has 0 radical (unpaired) electrons. The maximum absolute atomic E-state index is 13.2. The fraction of sp³-hybridized carbons (Fsp3) is 0.417. The van der Waals surface area contributed by atoms with Crippen LogP contribution in [0.2, 0.25) is 0 Å². The zero-order valence-electron chi connectivity index (χ0n) is 19.1. The number of carbonyl (C=O) groups is 2. The van der Waals surface area contributed by atoms with E-state index in [9.17, 15) is 19.7 Å². The lowest BCUT2D eigenvalue weighted by molar-refractivity contribution is -0.385. The lowest BCUT2D eigenvalue weighted by Gasteiger charge is -2.28. The van der Waals surface area contributed by atoms with Gasteiger partial charge in [-0.2, -0.15) is 0 Å². The van der Waals surface area contributed by atoms with Gasteiger partial charge in [-0.1, -0.05) is 13.8 Å². The second-order valence-corrected chi connectivity index (χ2v) is 9.21. The monoisotopic (exact) mass is 439 g/mol. The summed E-state index contributed by atoms with van der Waals surface area (Å²) in [6.45, 7) is 10.3. The molecule has 2 amide bonds. The van der Waals surface area contributed by atoms with Crippen LogP contribution in [0.4, 0.5) is 17.1 Å². The standard InChI is InChI=1S/C24H29N3O5/c1-15(2)10-11-26-20-13-18(7-9-21(20)32-14-24(4,5)23(26)29)25-22(28)17-6-8-19(27(30)31)16(3)12-17/h6-9,12-13,15H,10-11,14H2,1-5H3,(H,25,28). The molecule has 3 rings (SSSR count). The lowest BCUT2D eigenvalue weighted by Crippen LogP contribution is -2.42. The molecule has 0 aromatic heterocycles. The van der Waals surface area contributed by atoms with Crippen LogP contribution in [0.25, 0.3) is 0 Å². The Balaban J connectivity index is 1.90. The first-order valence-electron chi connectivity index (χ1n) is 10.6. The Morgan fingerprint density at radius 1 is 1.25 bits per heavy atom. The topological polar surface area (TPSA) is 102 Å². The van der Waals surface area contributed by atoms with Crippen molar-refractivity contribution in [2.24, 2.45) is 11.3 Å². The minimum atomic E-state index is -0.671. The highest BCUT2D eigenvalue weighted by atomic mass is 16.6. The molecule has 170 valence electrons. The van der Waals surface area contributed by atoms with Crippen LogP contribution < -0.4 is 15.0 Å². The molecular weight excluding hydrogens is 410 g/mol. The summed E-state index contributed by atoms with van der Waals surface area (Å²) in [5.41, 5.74) is 1.15. The Bertz CT molecular complexity index is 1060. The molecule has 0 atom stereocenters. The second-order valence-electron chi connectivity index (χ2n) is 9.21. The number of benzene rings is 2. The molecule has 0 saturated heterocycles. The third-order valence-corrected chi connectivity index (χ3v) is 5.51. The summed E-state index contributed by atoms with van der Waals surface area (Å²) in [6, 6.07) is 9.45. The number of fused-ring (bicyclic) bond motifs is 1. The summed E-state index contributed by atoms with van der Waals surface area (Å²) in [5, 5.41) is 13.8. The number of nitro groups is 1. The largest absolute Gasteiger partial charge is 0.490 e. The van der Waals surface area contributed by atoms with Gasteiger partial charge in [-0.3, -0.25) is 19.7 Å². The van der Waals surface area contributed by atoms with Gasteiger partial charge in [-0.25, -0.2) is 0 Å². The minimum Gasteiger partial charge on any atom is -0.490 e. The SMILES string of the molecule is Cc1cc(C(=O)Nc2ccc3c(c2)N(CCC(C)C)C(=O)C(C)(C)CO3)ccc1[N+](=O)[O-]. The van der Waals surface area contributed by atoms with Crippen LogP contribution in [-0.4, -0.2) is 29.9 Å². The maximum Gasteiger partial charge on any atom is 0.272 e. The van der Waals surface area contributed by atoms with E-state index in [0.29, 0.717) is 40.7 Å². The van der Waals surface area contributed by atoms with Crippen molar-refractivity contribution in [3.05, 3.63) is 57.6 Å². The molecule has 0 unspecified atom stereocenters. The molecule has 1 heterocycles. The Morgan fingerprint density at radius 2 is 1.97 bits per heavy atom. The average Bonchev–Trinajstić information content (AvgIpc) is 2.80. The molecule has 0 bridgehead atoms. The molecule has 2 aromatic carbocycles. The zero-order chi connectivity index (χ0) is 23.6. The average molecular weight is 440 g/mol. The number of aryl methyl sites for hydroxylation is 1. The first-order valence-corrected chi connectivity index (χ1v) is 10.6. The van der Waals surface area contributed by atoms with Gasteiger partial charge < -0.3 is 15.0 Å². The van der Waals surface area contributed by atoms with Gasteiger partial charge in [0.1, 0.15) is 12.4 Å². The van der Waals surface area contributed by atoms with E-state index in [2.05, 4.69) is 19.2 Å². The van der Waals surface area contributed by atoms with Gasteiger partial charge >= 0.3 is 0 Å². The highest BCUT2D eigenvalue weighted by molar-refractivity contribution is 6.05. The highest BCUT2D eigenvalue weighted by Gasteiger charge is 2.37. The Labute approximate surface area is 187 Å². The third kappa shape index (κ3) is 4.90. The molecule has 8 heteroatoms. The van der Waals surface area contributed by atoms with Gasteiger partial charge in [0, 0.05) is 29.4 Å². The van der Waals surface area contributed by atoms with Crippen LogP contribution in [0, 0.1) is 28.4 Å². The number of rotatable bonds is 6. The number of amides is 2. The van der Waals surface area contributed by atoms with Crippen LogP contribution in [0.3, 0.4) is 0 Å². The summed E-state index contributed by atoms with van der Waals surface area (Å²) in [4.78, 5) is 38.3. The fourth-order valence-corrected chi connectivity index (χ4v) is 3.54. The van der Waals surface area contributed by atoms with E-state index in [1.165, 1.54) is 18.2 Å². The zero-order valence-corrected chi connectivity index (χ0v) is 19.1. The normalized spacial score (nSPS) is 15.1. The number of nitrogens with zero attached hydrogens (tertiary/aromatic N) is 2. The van der Waals surface area contributed by atoms with Gasteiger partial charge in [-0.15, -0.1) is 0 Å². The molecule has 1 aliphatic rings. The van der Waals surface area contributed by atoms with Crippen LogP contribution in [0.5, 0.6) is 5.75 Å². The Kier molecular flexibility index (Phi) is 6.52. The number of carbonyl (C=O) groups excluding carboxylic acids is 2. The van der Waals surface area contributed by atoms with Crippen molar-refractivity contribution >= 4 is 28.9 Å². The molecule has 1 aliphatic heterocycles. The number of nitro benzene ring substituents is 1. The van der Waals surface area contributed by atoms with E-state index in [1.807, 2.05) is 13.8 Å². The van der Waals surface area contributed by atoms with Crippen molar-refractivity contribution in [2.75, 3.05) is 23.4 Å². The van der Waals surface area contributed by atoms with Crippen molar-refractivity contribution in [1.82, 2.24) is 0 Å². The van der Waals surface area contributed by atoms with Crippen molar-refractivity contribution in [3.63, 3.8) is 0 Å². The summed E-state index contributed by atoms with van der Waals surface area (Å²) < 4.78 is 5.93. The van der Waals surface area contributed by atoms with E-state index in [1.54, 1.807) is 30.0 Å². The van der Waals surface area contributed by atoms with Crippen LogP contribution in [0.1, 0.15) is 50.0 Å². The van der Waals surface area contributed by atoms with Gasteiger partial charge in [0.25, 0.3) is 11.6 Å². The van der Waals surface area contributed by atoms with Crippen molar-refractivity contribution in [3.8, 4) is 5.75 Å². The molecule has 32 heavy (non-hydrogen) atoms. The summed E-state index contributed by atoms with van der Waals surface area (Å²) in [5.74, 6) is 0.605. The van der Waals surface area contributed by atoms with E-state index in [0.717, 1.165) is 6.42 Å². The summed E-state index contributed by atoms with van der Waals surface area (Å²) in [6.07, 6.45) is 0.833. The molecule has 0 saturated carbocycles. The third-order valence-electron chi connectivity index (χ3n) is 5.51. The molecular formula is C24H29N3O5. The van der Waals surface area contributed by atoms with Crippen molar-refractivity contribution < 1.29 is 19.2 Å². The summed E-state index contributed by atoms with van der Waals surface area (Å²) in [7, 11) is 0. The van der Waals surface area contributed by atoms with Gasteiger partial charge in [-0.05, 0) is 63.4 Å². The van der Waals surface area contributed by atoms with Crippen molar-refractivity contribution in [1.29, 1.82) is 0 Å². The van der Waals surface area contributed by atoms with E-state index in [-0.39, 0.29) is 18.2 Å². The highest BCUT2D eigenvalue weighted by Crippen LogP contribution is 2.38. The fourth-order valence-electron chi connectivity index (χ4n) is 3.54. The van der Waals surface area contributed by atoms with E-state index < -0.39 is 16.2 Å². The Hall–Kier alpha value is -3.42. The van der Waals surface area contributed by atoms with Gasteiger partial charge in [0.05, 0.1) is 16.0 Å². The number of ether oxygens (including phenoxy) is 1. The van der Waals surface area contributed by atoms with Crippen LogP contribution in [0.15, 0.2) is 36.4 Å². The van der Waals surface area contributed by atoms with Gasteiger partial charge in [0.2, 0.25) is 5.91 Å². The number of anilines is 2. The van der Waals surface area contributed by atoms with Crippen LogP contribution >= 0.6 is 0 Å². The molecule has 2 aromatic rings. The van der Waals surface area contributed by atoms with Crippen molar-refractivity contribution in [2.45, 2.75) is 41.0 Å². The number of hydrogen-bond acceptors (Lipinski definition) is 5. The molecule has 0 spiro atoms. The molecule has 0 fully saturated rings. The predicted molar refractivity (Wildman–Crippen MR) is 123 cm³/mol.